The van der Waals surface area contributed by atoms with Crippen molar-refractivity contribution in [3.05, 3.63) is 53.8 Å². The van der Waals surface area contributed by atoms with Crippen LogP contribution in [0.15, 0.2) is 42.5 Å². The normalized spacial score (nSPS) is 10.6. The number of rotatable bonds is 3. The quantitative estimate of drug-likeness (QED) is 0.791. The number of aromatic nitrogens is 2. The molecule has 1 heterocycles. The second-order valence-electron chi connectivity index (χ2n) is 4.66. The third kappa shape index (κ3) is 2.63. The Kier molecular flexibility index (Phi) is 3.39. The number of benzene rings is 2. The van der Waals surface area contributed by atoms with E-state index in [2.05, 4.69) is 15.3 Å². The first-order chi connectivity index (χ1) is 10.2. The first-order valence-electron chi connectivity index (χ1n) is 6.56. The van der Waals surface area contributed by atoms with Crippen molar-refractivity contribution < 1.29 is 9.13 Å². The topological polar surface area (TPSA) is 47.0 Å². The Balaban J connectivity index is 2.13. The third-order valence-electron chi connectivity index (χ3n) is 3.09. The number of fused-ring (bicyclic) bond motifs is 1. The molecule has 0 radical (unpaired) electrons. The molecule has 0 amide bonds. The fourth-order valence-corrected chi connectivity index (χ4v) is 2.03. The molecule has 1 aromatic heterocycles. The van der Waals surface area contributed by atoms with Crippen LogP contribution in [0, 0.1) is 12.7 Å². The molecular weight excluding hydrogens is 269 g/mol. The third-order valence-corrected chi connectivity index (χ3v) is 3.09. The zero-order valence-corrected chi connectivity index (χ0v) is 11.7. The lowest BCUT2D eigenvalue weighted by Gasteiger charge is -2.10. The van der Waals surface area contributed by atoms with Gasteiger partial charge in [0.15, 0.2) is 11.6 Å². The standard InChI is InChI=1S/C16H14FN3O/c1-10-7-8-12(17)14(9-10)21-15-11-5-3-4-6-13(11)19-16(18-2)20-15/h3-9H,1-2H3,(H,18,19,20). The van der Waals surface area contributed by atoms with Crippen LogP contribution in [0.5, 0.6) is 11.6 Å². The Labute approximate surface area is 121 Å². The second-order valence-corrected chi connectivity index (χ2v) is 4.66. The van der Waals surface area contributed by atoms with Crippen LogP contribution in [0.3, 0.4) is 0 Å². The zero-order chi connectivity index (χ0) is 14.8. The highest BCUT2D eigenvalue weighted by Crippen LogP contribution is 2.30. The maximum Gasteiger partial charge on any atom is 0.232 e. The molecule has 0 aliphatic rings. The van der Waals surface area contributed by atoms with Gasteiger partial charge in [-0.1, -0.05) is 18.2 Å². The molecule has 0 saturated carbocycles. The monoisotopic (exact) mass is 283 g/mol. The lowest BCUT2D eigenvalue weighted by molar-refractivity contribution is 0.432. The number of halogens is 1. The van der Waals surface area contributed by atoms with E-state index in [0.29, 0.717) is 11.8 Å². The van der Waals surface area contributed by atoms with Crippen molar-refractivity contribution in [2.75, 3.05) is 12.4 Å². The number of para-hydroxylation sites is 1. The minimum absolute atomic E-state index is 0.154. The molecule has 0 bridgehead atoms. The summed E-state index contributed by atoms with van der Waals surface area (Å²) in [6, 6.07) is 12.2. The van der Waals surface area contributed by atoms with Gasteiger partial charge < -0.3 is 10.1 Å². The summed E-state index contributed by atoms with van der Waals surface area (Å²) in [5, 5.41) is 3.61. The van der Waals surface area contributed by atoms with Crippen LogP contribution in [-0.2, 0) is 0 Å². The number of nitrogens with one attached hydrogen (secondary N) is 1. The average molecular weight is 283 g/mol. The molecule has 0 fully saturated rings. The largest absolute Gasteiger partial charge is 0.435 e. The predicted molar refractivity (Wildman–Crippen MR) is 80.3 cm³/mol. The molecule has 0 aliphatic carbocycles. The molecular formula is C16H14FN3O. The highest BCUT2D eigenvalue weighted by Gasteiger charge is 2.11. The number of hydrogen-bond acceptors (Lipinski definition) is 4. The summed E-state index contributed by atoms with van der Waals surface area (Å²) in [7, 11) is 1.72. The Hall–Kier alpha value is -2.69. The number of hydrogen-bond donors (Lipinski definition) is 1. The fraction of sp³-hybridized carbons (Fsp3) is 0.125. The Morgan fingerprint density at radius 1 is 1.10 bits per heavy atom. The number of nitrogens with zero attached hydrogens (tertiary/aromatic N) is 2. The van der Waals surface area contributed by atoms with Crippen molar-refractivity contribution in [1.29, 1.82) is 0 Å². The van der Waals surface area contributed by atoms with Crippen LogP contribution in [0.1, 0.15) is 5.56 Å². The molecule has 3 aromatic rings. The van der Waals surface area contributed by atoms with Gasteiger partial charge in [-0.3, -0.25) is 0 Å². The van der Waals surface area contributed by atoms with E-state index in [1.54, 1.807) is 19.2 Å². The van der Waals surface area contributed by atoms with E-state index < -0.39 is 5.82 Å². The van der Waals surface area contributed by atoms with Gasteiger partial charge in [-0.2, -0.15) is 4.98 Å². The Morgan fingerprint density at radius 3 is 2.71 bits per heavy atom. The summed E-state index contributed by atoms with van der Waals surface area (Å²) in [5.41, 5.74) is 1.65. The van der Waals surface area contributed by atoms with E-state index >= 15 is 0 Å². The number of anilines is 1. The second kappa shape index (κ2) is 5.36. The first-order valence-corrected chi connectivity index (χ1v) is 6.56. The van der Waals surface area contributed by atoms with Crippen LogP contribution < -0.4 is 10.1 Å². The highest BCUT2D eigenvalue weighted by atomic mass is 19.1. The van der Waals surface area contributed by atoms with Crippen molar-refractivity contribution >= 4 is 16.9 Å². The molecule has 3 rings (SSSR count). The van der Waals surface area contributed by atoms with Gasteiger partial charge in [0.1, 0.15) is 0 Å². The van der Waals surface area contributed by atoms with Crippen molar-refractivity contribution in [1.82, 2.24) is 9.97 Å². The molecule has 0 atom stereocenters. The lowest BCUT2D eigenvalue weighted by Crippen LogP contribution is -2.00. The summed E-state index contributed by atoms with van der Waals surface area (Å²) < 4.78 is 19.5. The zero-order valence-electron chi connectivity index (χ0n) is 11.7. The van der Waals surface area contributed by atoms with Gasteiger partial charge in [0, 0.05) is 7.05 Å². The summed E-state index contributed by atoms with van der Waals surface area (Å²) in [6.07, 6.45) is 0. The van der Waals surface area contributed by atoms with Crippen molar-refractivity contribution in [2.24, 2.45) is 0 Å². The summed E-state index contributed by atoms with van der Waals surface area (Å²) in [6.45, 7) is 1.88. The molecule has 4 nitrogen and oxygen atoms in total. The SMILES string of the molecule is CNc1nc(Oc2cc(C)ccc2F)c2ccccc2n1. The maximum absolute atomic E-state index is 13.9. The Morgan fingerprint density at radius 2 is 1.90 bits per heavy atom. The smallest absolute Gasteiger partial charge is 0.232 e. The van der Waals surface area contributed by atoms with Crippen molar-refractivity contribution in [3.8, 4) is 11.6 Å². The van der Waals surface area contributed by atoms with Gasteiger partial charge in [-0.25, -0.2) is 9.37 Å². The molecule has 106 valence electrons. The summed E-state index contributed by atoms with van der Waals surface area (Å²) in [4.78, 5) is 8.61. The van der Waals surface area contributed by atoms with Gasteiger partial charge >= 0.3 is 0 Å². The summed E-state index contributed by atoms with van der Waals surface area (Å²) in [5.74, 6) is 0.487. The molecule has 0 spiro atoms. The van der Waals surface area contributed by atoms with E-state index in [-0.39, 0.29) is 5.75 Å². The molecule has 0 unspecified atom stereocenters. The van der Waals surface area contributed by atoms with Crippen LogP contribution in [0.2, 0.25) is 0 Å². The fourth-order valence-electron chi connectivity index (χ4n) is 2.03. The minimum atomic E-state index is -0.422. The molecule has 21 heavy (non-hydrogen) atoms. The van der Waals surface area contributed by atoms with Gasteiger partial charge in [-0.05, 0) is 36.8 Å². The molecule has 1 N–H and O–H groups in total. The van der Waals surface area contributed by atoms with E-state index in [1.807, 2.05) is 31.2 Å². The Bertz CT molecular complexity index is 805. The van der Waals surface area contributed by atoms with Crippen molar-refractivity contribution in [2.45, 2.75) is 6.92 Å². The maximum atomic E-state index is 13.9. The number of ether oxygens (including phenoxy) is 1. The predicted octanol–water partition coefficient (Wildman–Crippen LogP) is 3.91. The van der Waals surface area contributed by atoms with Crippen LogP contribution in [0.4, 0.5) is 10.3 Å². The van der Waals surface area contributed by atoms with Gasteiger partial charge in [0.2, 0.25) is 11.8 Å². The number of aryl methyl sites for hydroxylation is 1. The summed E-state index contributed by atoms with van der Waals surface area (Å²) >= 11 is 0. The van der Waals surface area contributed by atoms with Crippen LogP contribution in [-0.4, -0.2) is 17.0 Å². The molecule has 0 aliphatic heterocycles. The van der Waals surface area contributed by atoms with Gasteiger partial charge in [0.25, 0.3) is 0 Å². The van der Waals surface area contributed by atoms with Crippen LogP contribution in [0.25, 0.3) is 10.9 Å². The van der Waals surface area contributed by atoms with Gasteiger partial charge in [0.05, 0.1) is 10.9 Å². The molecule has 2 aromatic carbocycles. The van der Waals surface area contributed by atoms with Crippen LogP contribution >= 0.6 is 0 Å². The molecule has 5 heteroatoms. The first kappa shape index (κ1) is 13.3. The van der Waals surface area contributed by atoms with Gasteiger partial charge in [-0.15, -0.1) is 0 Å². The van der Waals surface area contributed by atoms with E-state index in [4.69, 9.17) is 4.74 Å². The van der Waals surface area contributed by atoms with Crippen molar-refractivity contribution in [3.63, 3.8) is 0 Å². The molecule has 0 saturated heterocycles. The van der Waals surface area contributed by atoms with E-state index in [0.717, 1.165) is 16.5 Å². The lowest BCUT2D eigenvalue weighted by atomic mass is 10.2. The highest BCUT2D eigenvalue weighted by molar-refractivity contribution is 5.84. The average Bonchev–Trinajstić information content (AvgIpc) is 2.50. The van der Waals surface area contributed by atoms with E-state index in [1.165, 1.54) is 6.07 Å². The minimum Gasteiger partial charge on any atom is -0.435 e. The van der Waals surface area contributed by atoms with E-state index in [9.17, 15) is 4.39 Å².